The number of fused-ring (bicyclic) bond motifs is 8. The molecule has 2 N–H and O–H groups in total. The molecule has 6 heterocycles. The standard InChI is InChI=1S/C42H50N6O5SSi/c1-6-47-31-15-14-25-18-27(31)28(34(47)26-12-8-16-43-33(26)23(2)52-5)19-41(3,4)22-53-39(50)29-13-9-17-48(46-29)40(51)42(20-32-44-30(25)21-54-32)36(35-37(42)55-35)45-38(49)24-10-7-11-24/h8,12,14-16,18,21,23-24,29,35-37,46H,6-7,9-11,13,17,19-20,22H2,1-5H3,(H,45,49)/t23-,29-,35?,36?,37?,42+/m0/s1. The first-order chi connectivity index (χ1) is 26.5. The molecule has 3 aromatic heterocycles. The van der Waals surface area contributed by atoms with Crippen LogP contribution in [0.25, 0.3) is 33.4 Å². The maximum atomic E-state index is 14.9. The second kappa shape index (κ2) is 13.9. The number of nitrogens with zero attached hydrogens (tertiary/aromatic N) is 4. The van der Waals surface area contributed by atoms with E-state index in [2.05, 4.69) is 65.7 Å². The summed E-state index contributed by atoms with van der Waals surface area (Å²) in [4.78, 5) is 52.2. The number of ether oxygens (including phenoxy) is 2. The van der Waals surface area contributed by atoms with Gasteiger partial charge < -0.3 is 19.4 Å². The second-order valence-corrected chi connectivity index (χ2v) is 19.5. The third-order valence-electron chi connectivity index (χ3n) is 12.8. The number of hydrazine groups is 1. The molecule has 2 saturated carbocycles. The fraction of sp³-hybridized carbons (Fsp3) is 0.548. The largest absolute Gasteiger partial charge is 0.464 e. The lowest BCUT2D eigenvalue weighted by Gasteiger charge is -2.51. The highest BCUT2D eigenvalue weighted by Crippen LogP contribution is 2.72. The molecular weight excluding hydrogens is 729 g/mol. The highest BCUT2D eigenvalue weighted by atomic mass is 32.1. The van der Waals surface area contributed by atoms with Crippen molar-refractivity contribution >= 4 is 49.5 Å². The number of carbonyl (C=O) groups is 3. The number of hydrogen-bond donors (Lipinski definition) is 2. The van der Waals surface area contributed by atoms with E-state index in [9.17, 15) is 14.4 Å². The van der Waals surface area contributed by atoms with Gasteiger partial charge in [0.1, 0.15) is 6.04 Å². The summed E-state index contributed by atoms with van der Waals surface area (Å²) in [5.41, 5.74) is 9.76. The number of esters is 1. The van der Waals surface area contributed by atoms with Crippen LogP contribution in [0.2, 0.25) is 11.1 Å². The minimum absolute atomic E-state index is 0.0338. The van der Waals surface area contributed by atoms with Gasteiger partial charge in [-0.3, -0.25) is 24.4 Å². The SMILES string of the molecule is CCn1c(-c2cccnc2[C@H](C)OC)c2c3cc(ccc31)-c1csc(n1)C[C@@]1(C(=O)N3CCC[C@H](N3)C(=O)OCC(C)(C)C2)C(NC(=O)C2CCC2)C2[Si]C21. The van der Waals surface area contributed by atoms with Gasteiger partial charge in [-0.1, -0.05) is 26.3 Å². The normalized spacial score (nSPS) is 28.1. The maximum Gasteiger partial charge on any atom is 0.324 e. The third kappa shape index (κ3) is 6.16. The van der Waals surface area contributed by atoms with Gasteiger partial charge in [0, 0.05) is 87.1 Å². The Hall–Kier alpha value is -3.91. The molecule has 55 heavy (non-hydrogen) atoms. The van der Waals surface area contributed by atoms with Crippen molar-refractivity contribution in [3.05, 3.63) is 58.2 Å². The quantitative estimate of drug-likeness (QED) is 0.173. The first kappa shape index (κ1) is 36.7. The zero-order valence-electron chi connectivity index (χ0n) is 32.3. The zero-order chi connectivity index (χ0) is 38.2. The number of carbonyl (C=O) groups excluding carboxylic acids is 3. The monoisotopic (exact) mass is 778 g/mol. The summed E-state index contributed by atoms with van der Waals surface area (Å²) in [6, 6.07) is 9.83. The first-order valence-electron chi connectivity index (χ1n) is 19.9. The average molecular weight is 779 g/mol. The molecule has 1 aromatic carbocycles. The average Bonchev–Trinajstić information content (AvgIpc) is 3.62. The van der Waals surface area contributed by atoms with Gasteiger partial charge in [-0.05, 0) is 86.9 Å². The van der Waals surface area contributed by atoms with Crippen LogP contribution in [0.5, 0.6) is 0 Å². The predicted octanol–water partition coefficient (Wildman–Crippen LogP) is 6.30. The summed E-state index contributed by atoms with van der Waals surface area (Å²) in [6.07, 6.45) is 6.85. The van der Waals surface area contributed by atoms with E-state index in [4.69, 9.17) is 19.4 Å². The van der Waals surface area contributed by atoms with Crippen molar-refractivity contribution in [2.24, 2.45) is 16.7 Å². The van der Waals surface area contributed by atoms with Gasteiger partial charge in [-0.2, -0.15) is 0 Å². The molecule has 3 unspecified atom stereocenters. The number of benzene rings is 1. The molecule has 6 bridgehead atoms. The Bertz CT molecular complexity index is 2180. The van der Waals surface area contributed by atoms with Gasteiger partial charge in [0.25, 0.3) is 0 Å². The van der Waals surface area contributed by atoms with Gasteiger partial charge >= 0.3 is 5.97 Å². The Balaban J connectivity index is 1.17. The van der Waals surface area contributed by atoms with Gasteiger partial charge in [-0.25, -0.2) is 10.4 Å². The molecule has 3 aliphatic heterocycles. The number of aryl methyl sites for hydroxylation is 1. The van der Waals surface area contributed by atoms with Crippen LogP contribution in [0.1, 0.15) is 82.2 Å². The van der Waals surface area contributed by atoms with Crippen LogP contribution in [-0.2, 0) is 43.2 Å². The maximum absolute atomic E-state index is 14.9. The Morgan fingerprint density at radius 1 is 1.18 bits per heavy atom. The van der Waals surface area contributed by atoms with Crippen molar-refractivity contribution in [1.82, 2.24) is 30.3 Å². The summed E-state index contributed by atoms with van der Waals surface area (Å²) in [5, 5.41) is 9.18. The molecule has 4 fully saturated rings. The van der Waals surface area contributed by atoms with Crippen molar-refractivity contribution in [3.8, 4) is 22.5 Å². The first-order valence-corrected chi connectivity index (χ1v) is 22.0. The number of aromatic nitrogens is 3. The van der Waals surface area contributed by atoms with Crippen LogP contribution in [0.15, 0.2) is 41.9 Å². The van der Waals surface area contributed by atoms with Gasteiger partial charge in [0.15, 0.2) is 0 Å². The Kier molecular flexibility index (Phi) is 9.30. The molecule has 2 radical (unpaired) electrons. The fourth-order valence-electron chi connectivity index (χ4n) is 9.50. The number of methoxy groups -OCH3 is 1. The molecule has 2 saturated heterocycles. The van der Waals surface area contributed by atoms with Crippen LogP contribution in [-0.4, -0.2) is 79.2 Å². The van der Waals surface area contributed by atoms with Crippen LogP contribution < -0.4 is 10.7 Å². The lowest BCUT2D eigenvalue weighted by Crippen LogP contribution is -2.67. The Labute approximate surface area is 328 Å². The molecule has 288 valence electrons. The lowest BCUT2D eigenvalue weighted by atomic mass is 9.61. The molecule has 2 amide bonds. The number of hydrogen-bond acceptors (Lipinski definition) is 9. The van der Waals surface area contributed by atoms with E-state index in [0.717, 1.165) is 69.9 Å². The molecule has 6 atom stereocenters. The number of cyclic esters (lactones) is 1. The van der Waals surface area contributed by atoms with Gasteiger partial charge in [0.2, 0.25) is 11.8 Å². The lowest BCUT2D eigenvalue weighted by molar-refractivity contribution is -0.161. The highest BCUT2D eigenvalue weighted by molar-refractivity contribution is 7.10. The van der Waals surface area contributed by atoms with Crippen molar-refractivity contribution in [3.63, 3.8) is 0 Å². The van der Waals surface area contributed by atoms with Crippen LogP contribution in [0.4, 0.5) is 0 Å². The van der Waals surface area contributed by atoms with E-state index in [-0.39, 0.29) is 48.0 Å². The number of rotatable bonds is 6. The third-order valence-corrected chi connectivity index (χ3v) is 15.6. The topological polar surface area (TPSA) is 128 Å². The van der Waals surface area contributed by atoms with E-state index in [1.807, 2.05) is 19.2 Å². The minimum Gasteiger partial charge on any atom is -0.464 e. The predicted molar refractivity (Wildman–Crippen MR) is 212 cm³/mol. The van der Waals surface area contributed by atoms with E-state index in [1.165, 1.54) is 5.56 Å². The molecule has 2 aliphatic carbocycles. The van der Waals surface area contributed by atoms with Crippen molar-refractivity contribution in [2.75, 3.05) is 20.3 Å². The van der Waals surface area contributed by atoms with E-state index in [0.29, 0.717) is 47.3 Å². The minimum atomic E-state index is -0.811. The number of thiazole rings is 1. The summed E-state index contributed by atoms with van der Waals surface area (Å²) >= 11 is 1.59. The van der Waals surface area contributed by atoms with Crippen molar-refractivity contribution in [1.29, 1.82) is 0 Å². The number of nitrogens with one attached hydrogen (secondary N) is 2. The van der Waals surface area contributed by atoms with Crippen LogP contribution in [0, 0.1) is 16.7 Å². The molecule has 9 rings (SSSR count). The van der Waals surface area contributed by atoms with E-state index >= 15 is 0 Å². The molecule has 1 spiro atoms. The molecule has 13 heteroatoms. The van der Waals surface area contributed by atoms with E-state index in [1.54, 1.807) is 23.5 Å². The molecule has 5 aliphatic rings. The Morgan fingerprint density at radius 3 is 2.78 bits per heavy atom. The Morgan fingerprint density at radius 2 is 2.02 bits per heavy atom. The summed E-state index contributed by atoms with van der Waals surface area (Å²) in [7, 11) is 2.33. The van der Waals surface area contributed by atoms with E-state index < -0.39 is 16.9 Å². The number of pyridine rings is 1. The van der Waals surface area contributed by atoms with Crippen molar-refractivity contribution in [2.45, 2.75) is 108 Å². The fourth-order valence-corrected chi connectivity index (χ4v) is 12.5. The smallest absolute Gasteiger partial charge is 0.324 e. The summed E-state index contributed by atoms with van der Waals surface area (Å²) in [6.45, 7) is 9.94. The van der Waals surface area contributed by atoms with Crippen molar-refractivity contribution < 1.29 is 23.9 Å². The second-order valence-electron chi connectivity index (χ2n) is 17.0. The van der Waals surface area contributed by atoms with Crippen LogP contribution >= 0.6 is 11.3 Å². The summed E-state index contributed by atoms with van der Waals surface area (Å²) < 4.78 is 14.3. The summed E-state index contributed by atoms with van der Waals surface area (Å²) in [5.74, 6) is -0.273. The molecular formula is C42H50N6O5SSi. The zero-order valence-corrected chi connectivity index (χ0v) is 34.1. The molecule has 4 aromatic rings. The number of amides is 2. The highest BCUT2D eigenvalue weighted by Gasteiger charge is 2.76. The van der Waals surface area contributed by atoms with Gasteiger partial charge in [-0.15, -0.1) is 11.3 Å². The van der Waals surface area contributed by atoms with Gasteiger partial charge in [0.05, 0.1) is 40.2 Å². The molecule has 11 nitrogen and oxygen atoms in total. The van der Waals surface area contributed by atoms with Crippen LogP contribution in [0.3, 0.4) is 0 Å².